The van der Waals surface area contributed by atoms with Crippen molar-refractivity contribution < 1.29 is 9.63 Å². The standard InChI is InChI=1S/C14H19NO2S/c1-3-5-8-12(4-2)11-14(16)17-15-10-7-6-9-13(15)18/h5-10,12H,3-4,11H2,1-2H3/b8-5+/t12-/m1/s1. The summed E-state index contributed by atoms with van der Waals surface area (Å²) in [7, 11) is 0. The lowest BCUT2D eigenvalue weighted by Crippen LogP contribution is -2.22. The first kappa shape index (κ1) is 14.6. The van der Waals surface area contributed by atoms with E-state index in [4.69, 9.17) is 17.1 Å². The fourth-order valence-electron chi connectivity index (χ4n) is 1.53. The lowest BCUT2D eigenvalue weighted by Gasteiger charge is -2.10. The Kier molecular flexibility index (Phi) is 6.36. The van der Waals surface area contributed by atoms with Crippen LogP contribution in [-0.4, -0.2) is 10.7 Å². The molecule has 0 N–H and O–H groups in total. The highest BCUT2D eigenvalue weighted by Crippen LogP contribution is 2.10. The number of aromatic nitrogens is 1. The zero-order valence-corrected chi connectivity index (χ0v) is 11.7. The van der Waals surface area contributed by atoms with Crippen molar-refractivity contribution in [3.8, 4) is 0 Å². The Balaban J connectivity index is 2.58. The number of rotatable bonds is 6. The Hall–Kier alpha value is -1.42. The molecule has 0 radical (unpaired) electrons. The summed E-state index contributed by atoms with van der Waals surface area (Å²) < 4.78 is 1.82. The first-order valence-corrected chi connectivity index (χ1v) is 6.63. The van der Waals surface area contributed by atoms with Gasteiger partial charge in [0.25, 0.3) is 0 Å². The minimum Gasteiger partial charge on any atom is -0.336 e. The Morgan fingerprint density at radius 2 is 2.28 bits per heavy atom. The van der Waals surface area contributed by atoms with Crippen LogP contribution in [0.2, 0.25) is 0 Å². The van der Waals surface area contributed by atoms with Gasteiger partial charge in [0.2, 0.25) is 0 Å². The van der Waals surface area contributed by atoms with Gasteiger partial charge in [-0.2, -0.15) is 4.73 Å². The third-order valence-corrected chi connectivity index (χ3v) is 2.90. The zero-order valence-electron chi connectivity index (χ0n) is 10.8. The van der Waals surface area contributed by atoms with E-state index in [1.54, 1.807) is 18.3 Å². The molecule has 0 saturated carbocycles. The molecule has 0 aliphatic rings. The molecule has 1 aromatic rings. The SMILES string of the molecule is CC/C=C/[C@@H](CC)CC(=O)On1ccccc1=S. The van der Waals surface area contributed by atoms with Crippen LogP contribution in [0.1, 0.15) is 33.1 Å². The fraction of sp³-hybridized carbons (Fsp3) is 0.429. The molecule has 0 unspecified atom stereocenters. The number of allylic oxidation sites excluding steroid dienone is 2. The Labute approximate surface area is 113 Å². The predicted molar refractivity (Wildman–Crippen MR) is 74.7 cm³/mol. The van der Waals surface area contributed by atoms with Gasteiger partial charge in [0.15, 0.2) is 0 Å². The summed E-state index contributed by atoms with van der Waals surface area (Å²) in [5.41, 5.74) is 0. The predicted octanol–water partition coefficient (Wildman–Crippen LogP) is 3.56. The van der Waals surface area contributed by atoms with Gasteiger partial charge < -0.3 is 4.84 Å². The lowest BCUT2D eigenvalue weighted by atomic mass is 10.0. The first-order valence-electron chi connectivity index (χ1n) is 6.22. The van der Waals surface area contributed by atoms with Crippen LogP contribution in [0.4, 0.5) is 0 Å². The number of carbonyl (C=O) groups excluding carboxylic acids is 1. The van der Waals surface area contributed by atoms with Crippen molar-refractivity contribution >= 4 is 18.2 Å². The van der Waals surface area contributed by atoms with Crippen molar-refractivity contribution in [1.82, 2.24) is 4.73 Å². The lowest BCUT2D eigenvalue weighted by molar-refractivity contribution is -0.145. The Bertz CT molecular complexity index is 465. The Morgan fingerprint density at radius 1 is 1.50 bits per heavy atom. The van der Waals surface area contributed by atoms with Crippen molar-refractivity contribution in [2.24, 2.45) is 5.92 Å². The maximum absolute atomic E-state index is 11.8. The smallest absolute Gasteiger partial charge is 0.333 e. The normalized spacial score (nSPS) is 12.6. The summed E-state index contributed by atoms with van der Waals surface area (Å²) in [4.78, 5) is 17.0. The molecule has 4 heteroatoms. The van der Waals surface area contributed by atoms with Gasteiger partial charge in [0.1, 0.15) is 4.64 Å². The molecular formula is C14H19NO2S. The van der Waals surface area contributed by atoms with Gasteiger partial charge in [0.05, 0.1) is 6.42 Å². The quantitative estimate of drug-likeness (QED) is 0.582. The van der Waals surface area contributed by atoms with Crippen LogP contribution in [-0.2, 0) is 4.79 Å². The van der Waals surface area contributed by atoms with Crippen LogP contribution in [0, 0.1) is 10.6 Å². The summed E-state index contributed by atoms with van der Waals surface area (Å²) in [5.74, 6) is -0.0276. The summed E-state index contributed by atoms with van der Waals surface area (Å²) in [6, 6.07) is 5.31. The van der Waals surface area contributed by atoms with Gasteiger partial charge in [-0.05, 0) is 30.9 Å². The van der Waals surface area contributed by atoms with Gasteiger partial charge in [0, 0.05) is 6.20 Å². The molecule has 0 aromatic carbocycles. The van der Waals surface area contributed by atoms with Crippen molar-refractivity contribution in [3.63, 3.8) is 0 Å². The van der Waals surface area contributed by atoms with E-state index < -0.39 is 0 Å². The number of pyridine rings is 1. The van der Waals surface area contributed by atoms with E-state index in [-0.39, 0.29) is 11.9 Å². The first-order chi connectivity index (χ1) is 8.67. The van der Waals surface area contributed by atoms with Gasteiger partial charge >= 0.3 is 5.97 Å². The van der Waals surface area contributed by atoms with Crippen LogP contribution in [0.3, 0.4) is 0 Å². The van der Waals surface area contributed by atoms with E-state index >= 15 is 0 Å². The largest absolute Gasteiger partial charge is 0.336 e. The zero-order chi connectivity index (χ0) is 13.4. The molecule has 3 nitrogen and oxygen atoms in total. The molecule has 0 fully saturated rings. The number of hydrogen-bond donors (Lipinski definition) is 0. The monoisotopic (exact) mass is 265 g/mol. The average molecular weight is 265 g/mol. The van der Waals surface area contributed by atoms with E-state index in [1.807, 2.05) is 6.07 Å². The summed E-state index contributed by atoms with van der Waals surface area (Å²) >= 11 is 5.05. The molecule has 18 heavy (non-hydrogen) atoms. The van der Waals surface area contributed by atoms with Crippen LogP contribution >= 0.6 is 12.2 Å². The maximum atomic E-state index is 11.8. The van der Waals surface area contributed by atoms with Crippen molar-refractivity contribution in [3.05, 3.63) is 41.2 Å². The minimum atomic E-state index is -0.259. The molecular weight excluding hydrogens is 246 g/mol. The third-order valence-electron chi connectivity index (χ3n) is 2.59. The Morgan fingerprint density at radius 3 is 2.89 bits per heavy atom. The molecule has 1 rings (SSSR count). The third kappa shape index (κ3) is 4.84. The van der Waals surface area contributed by atoms with Crippen LogP contribution in [0.25, 0.3) is 0 Å². The molecule has 0 spiro atoms. The molecule has 0 aliphatic heterocycles. The maximum Gasteiger partial charge on any atom is 0.333 e. The second-order valence-corrected chi connectivity index (χ2v) is 4.46. The molecule has 1 heterocycles. The van der Waals surface area contributed by atoms with Crippen molar-refractivity contribution in [2.45, 2.75) is 33.1 Å². The number of nitrogens with zero attached hydrogens (tertiary/aromatic N) is 1. The second-order valence-electron chi connectivity index (χ2n) is 4.04. The molecule has 0 bridgehead atoms. The van der Waals surface area contributed by atoms with Crippen molar-refractivity contribution in [2.75, 3.05) is 0 Å². The summed E-state index contributed by atoms with van der Waals surface area (Å²) in [6.45, 7) is 4.14. The highest BCUT2D eigenvalue weighted by atomic mass is 32.1. The fourth-order valence-corrected chi connectivity index (χ4v) is 1.70. The second kappa shape index (κ2) is 7.82. The van der Waals surface area contributed by atoms with Crippen LogP contribution in [0.5, 0.6) is 0 Å². The van der Waals surface area contributed by atoms with E-state index in [2.05, 4.69) is 26.0 Å². The minimum absolute atomic E-state index is 0.232. The molecule has 1 atom stereocenters. The van der Waals surface area contributed by atoms with Gasteiger partial charge in [-0.1, -0.05) is 44.3 Å². The molecule has 0 saturated heterocycles. The number of hydrogen-bond acceptors (Lipinski definition) is 3. The van der Waals surface area contributed by atoms with E-state index in [9.17, 15) is 4.79 Å². The highest BCUT2D eigenvalue weighted by molar-refractivity contribution is 7.71. The van der Waals surface area contributed by atoms with Gasteiger partial charge in [-0.15, -0.1) is 0 Å². The molecule has 98 valence electrons. The molecule has 0 amide bonds. The van der Waals surface area contributed by atoms with E-state index in [0.717, 1.165) is 12.8 Å². The average Bonchev–Trinajstić information content (AvgIpc) is 2.37. The number of carbonyl (C=O) groups is 1. The van der Waals surface area contributed by atoms with Crippen molar-refractivity contribution in [1.29, 1.82) is 0 Å². The summed E-state index contributed by atoms with van der Waals surface area (Å²) in [6.07, 6.45) is 8.08. The highest BCUT2D eigenvalue weighted by Gasteiger charge is 2.11. The van der Waals surface area contributed by atoms with Gasteiger partial charge in [-0.25, -0.2) is 4.79 Å². The summed E-state index contributed by atoms with van der Waals surface area (Å²) in [5, 5.41) is 0. The van der Waals surface area contributed by atoms with Crippen LogP contribution < -0.4 is 4.84 Å². The molecule has 1 aromatic heterocycles. The van der Waals surface area contributed by atoms with Gasteiger partial charge in [-0.3, -0.25) is 0 Å². The van der Waals surface area contributed by atoms with Crippen LogP contribution in [0.15, 0.2) is 36.5 Å². The molecule has 0 aliphatic carbocycles. The van der Waals surface area contributed by atoms with E-state index in [0.29, 0.717) is 11.1 Å². The van der Waals surface area contributed by atoms with E-state index in [1.165, 1.54) is 4.73 Å². The topological polar surface area (TPSA) is 31.2 Å².